The van der Waals surface area contributed by atoms with E-state index in [4.69, 9.17) is 0 Å². The van der Waals surface area contributed by atoms with Gasteiger partial charge in [0.2, 0.25) is 0 Å². The van der Waals surface area contributed by atoms with E-state index in [9.17, 15) is 0 Å². The molecule has 0 N–H and O–H groups in total. The van der Waals surface area contributed by atoms with Crippen LogP contribution in [0.25, 0.3) is 268 Å². The molecule has 644 valence electrons. The van der Waals surface area contributed by atoms with E-state index in [-0.39, 0.29) is 0 Å². The van der Waals surface area contributed by atoms with Crippen LogP contribution >= 0.6 is 45.3 Å². The first kappa shape index (κ1) is 78.5. The molecule has 0 saturated heterocycles. The Hall–Kier alpha value is -17.0. The van der Waals surface area contributed by atoms with Crippen molar-refractivity contribution in [3.8, 4) is 67.5 Å². The van der Waals surface area contributed by atoms with Crippen molar-refractivity contribution in [2.24, 2.45) is 0 Å². The van der Waals surface area contributed by atoms with Gasteiger partial charge < -0.3 is 27.4 Å². The van der Waals surface area contributed by atoms with Gasteiger partial charge in [-0.2, -0.15) is 0 Å². The molecule has 0 aliphatic heterocycles. The average Bonchev–Trinajstić information content (AvgIpc) is 1.57. The van der Waals surface area contributed by atoms with Crippen molar-refractivity contribution in [1.29, 1.82) is 0 Å². The molecule has 0 atom stereocenters. The Balaban J connectivity index is 0.000000102. The summed E-state index contributed by atoms with van der Waals surface area (Å²) < 4.78 is 25.1. The normalized spacial score (nSPS) is 12.1. The van der Waals surface area contributed by atoms with Gasteiger partial charge in [-0.05, 0) is 240 Å². The van der Waals surface area contributed by atoms with Crippen LogP contribution in [0.5, 0.6) is 0 Å². The molecule has 0 aliphatic rings. The van der Waals surface area contributed by atoms with Gasteiger partial charge in [-0.25, -0.2) is 0 Å². The van der Waals surface area contributed by atoms with E-state index in [0.29, 0.717) is 0 Å². The van der Waals surface area contributed by atoms with Gasteiger partial charge in [0.1, 0.15) is 0 Å². The summed E-state index contributed by atoms with van der Waals surface area (Å²) in [6.07, 6.45) is 2.15. The highest BCUT2D eigenvalue weighted by atomic mass is 32.1. The standard InChI is InChI=1S/2C48H28N2S2.C32H22N2/c2*1-5-15-37-31(11-1)35-27-29(23-25-39(35)49(37)41-17-9-21-45-47(41)33-13-3-7-19-43(33)51-45)30-24-26-40-36(28-30)32-12-2-6-16-38(32)50(40)42-18-10-22-46-48(42)34-14-4-8-20-44(34)52-46;1-3-9-26(10-4-1)33-20-19-25-21-23(15-17-30(25)33)24-16-18-32-29(22-24)28-13-7-8-14-31(28)34(32)27-11-5-2-6-12-27/h2*1-28H;1-22H. The summed E-state index contributed by atoms with van der Waals surface area (Å²) in [5.41, 5.74) is 28.1. The first-order valence-electron chi connectivity index (χ1n) is 47.0. The van der Waals surface area contributed by atoms with Crippen LogP contribution in [0.2, 0.25) is 0 Å². The maximum Gasteiger partial charge on any atom is 0.0555 e. The van der Waals surface area contributed by atoms with E-state index in [1.54, 1.807) is 0 Å². The lowest BCUT2D eigenvalue weighted by molar-refractivity contribution is 1.13. The van der Waals surface area contributed by atoms with E-state index in [1.165, 1.54) is 268 Å². The molecule has 0 fully saturated rings. The number of aromatic nitrogens is 6. The molecule has 0 amide bonds. The third-order valence-corrected chi connectivity index (χ3v) is 33.1. The molecular formula is C128H78N6S4. The molecule has 0 spiro atoms. The molecule has 10 aromatic heterocycles. The average molecular weight is 1830 g/mol. The topological polar surface area (TPSA) is 29.6 Å². The van der Waals surface area contributed by atoms with Crippen molar-refractivity contribution in [3.05, 3.63) is 473 Å². The Morgan fingerprint density at radius 2 is 0.362 bits per heavy atom. The van der Waals surface area contributed by atoms with E-state index >= 15 is 0 Å². The lowest BCUT2D eigenvalue weighted by Gasteiger charge is -2.11. The monoisotopic (exact) mass is 1830 g/mol. The Morgan fingerprint density at radius 3 is 0.667 bits per heavy atom. The summed E-state index contributed by atoms with van der Waals surface area (Å²) in [6, 6.07) is 171. The van der Waals surface area contributed by atoms with Crippen LogP contribution in [0, 0.1) is 0 Å². The van der Waals surface area contributed by atoms with Gasteiger partial charge in [0.05, 0.1) is 83.4 Å². The molecule has 10 heterocycles. The minimum absolute atomic E-state index is 1.18. The minimum Gasteiger partial charge on any atom is -0.317 e. The Labute approximate surface area is 807 Å². The zero-order valence-electron chi connectivity index (χ0n) is 74.3. The SMILES string of the molecule is c1ccc(-n2ccc3cc(-c4ccc5c(c4)c4ccccc4n5-c4ccccc4)ccc32)cc1.c1ccc2c(c1)sc1cccc(-n3c4ccccc4c4cc(-c5ccc6c(c5)c5ccccc5n6-c5cccc6sc7ccccc7c56)ccc43)c12.c1ccc2c(c1)sc1cccc(-n3c4ccccc4c4cc(-c5ccc6c(c5)c5ccccc5n6-c5cccc6sc7ccccc7c56)ccc43)c12. The molecule has 31 aromatic rings. The van der Waals surface area contributed by atoms with Crippen LogP contribution in [-0.2, 0) is 0 Å². The van der Waals surface area contributed by atoms with Crippen LogP contribution in [0.1, 0.15) is 0 Å². The molecule has 0 unspecified atom stereocenters. The smallest absolute Gasteiger partial charge is 0.0555 e. The third-order valence-electron chi connectivity index (χ3n) is 28.6. The quantitative estimate of drug-likeness (QED) is 0.138. The van der Waals surface area contributed by atoms with Gasteiger partial charge in [0, 0.05) is 158 Å². The minimum atomic E-state index is 1.18. The zero-order valence-corrected chi connectivity index (χ0v) is 77.6. The Morgan fingerprint density at radius 1 is 0.138 bits per heavy atom. The molecule has 6 nitrogen and oxygen atoms in total. The van der Waals surface area contributed by atoms with Crippen LogP contribution in [0.3, 0.4) is 0 Å². The van der Waals surface area contributed by atoms with Crippen molar-refractivity contribution in [2.45, 2.75) is 0 Å². The predicted molar refractivity (Wildman–Crippen MR) is 596 cm³/mol. The van der Waals surface area contributed by atoms with Crippen LogP contribution in [0.4, 0.5) is 0 Å². The fourth-order valence-corrected chi connectivity index (χ4v) is 27.1. The fraction of sp³-hybridized carbons (Fsp3) is 0. The highest BCUT2D eigenvalue weighted by Crippen LogP contribution is 2.50. The van der Waals surface area contributed by atoms with Crippen molar-refractivity contribution in [1.82, 2.24) is 27.4 Å². The van der Waals surface area contributed by atoms with Gasteiger partial charge in [-0.1, -0.05) is 261 Å². The second kappa shape index (κ2) is 31.3. The summed E-state index contributed by atoms with van der Waals surface area (Å²) in [6.45, 7) is 0. The molecule has 138 heavy (non-hydrogen) atoms. The lowest BCUT2D eigenvalue weighted by Crippen LogP contribution is -1.94. The highest BCUT2D eigenvalue weighted by Gasteiger charge is 2.26. The van der Waals surface area contributed by atoms with Crippen LogP contribution in [-0.4, -0.2) is 27.4 Å². The molecule has 0 bridgehead atoms. The highest BCUT2D eigenvalue weighted by molar-refractivity contribution is 7.27. The van der Waals surface area contributed by atoms with Gasteiger partial charge in [-0.15, -0.1) is 45.3 Å². The van der Waals surface area contributed by atoms with Crippen molar-refractivity contribution < 1.29 is 0 Å². The third kappa shape index (κ3) is 12.2. The summed E-state index contributed by atoms with van der Waals surface area (Å²) in [7, 11) is 0. The van der Waals surface area contributed by atoms with Gasteiger partial charge >= 0.3 is 0 Å². The number of benzene rings is 21. The second-order valence-corrected chi connectivity index (χ2v) is 40.4. The van der Waals surface area contributed by atoms with Gasteiger partial charge in [0.15, 0.2) is 0 Å². The van der Waals surface area contributed by atoms with E-state index in [0.717, 1.165) is 0 Å². The number of thiophene rings is 4. The van der Waals surface area contributed by atoms with E-state index in [1.807, 2.05) is 45.3 Å². The molecule has 21 aromatic carbocycles. The second-order valence-electron chi connectivity index (χ2n) is 36.0. The maximum absolute atomic E-state index is 2.47. The summed E-state index contributed by atoms with van der Waals surface area (Å²) in [5.74, 6) is 0. The van der Waals surface area contributed by atoms with Gasteiger partial charge in [0.25, 0.3) is 0 Å². The van der Waals surface area contributed by atoms with Crippen LogP contribution < -0.4 is 0 Å². The fourth-order valence-electron chi connectivity index (χ4n) is 22.6. The molecular weight excluding hydrogens is 1750 g/mol. The predicted octanol–water partition coefficient (Wildman–Crippen LogP) is 37.0. The molecule has 0 saturated carbocycles. The maximum atomic E-state index is 2.47. The number of fused-ring (bicyclic) bond motifs is 28. The summed E-state index contributed by atoms with van der Waals surface area (Å²) in [4.78, 5) is 0. The zero-order chi connectivity index (χ0) is 90.3. The van der Waals surface area contributed by atoms with E-state index in [2.05, 4.69) is 501 Å². The van der Waals surface area contributed by atoms with E-state index < -0.39 is 0 Å². The first-order chi connectivity index (χ1) is 68.5. The van der Waals surface area contributed by atoms with Crippen molar-refractivity contribution in [2.75, 3.05) is 0 Å². The Kier molecular flexibility index (Phi) is 17.8. The number of rotatable bonds is 9. The lowest BCUT2D eigenvalue weighted by atomic mass is 10.0. The summed E-state index contributed by atoms with van der Waals surface area (Å²) in [5, 5.41) is 24.5. The largest absolute Gasteiger partial charge is 0.317 e. The first-order valence-corrected chi connectivity index (χ1v) is 50.3. The number of para-hydroxylation sites is 7. The molecule has 31 rings (SSSR count). The number of nitrogens with zero attached hydrogens (tertiary/aromatic N) is 6. The molecule has 10 heteroatoms. The Bertz CT molecular complexity index is 9560. The number of hydrogen-bond donors (Lipinski definition) is 0. The van der Waals surface area contributed by atoms with Crippen molar-refractivity contribution in [3.63, 3.8) is 0 Å². The molecule has 0 aliphatic carbocycles. The number of hydrogen-bond acceptors (Lipinski definition) is 4. The summed E-state index contributed by atoms with van der Waals surface area (Å²) >= 11 is 7.49. The van der Waals surface area contributed by atoms with Crippen molar-refractivity contribution >= 4 is 246 Å². The molecule has 0 radical (unpaired) electrons. The van der Waals surface area contributed by atoms with Crippen LogP contribution in [0.15, 0.2) is 473 Å². The van der Waals surface area contributed by atoms with Gasteiger partial charge in [-0.3, -0.25) is 0 Å².